The van der Waals surface area contributed by atoms with E-state index in [9.17, 15) is 4.21 Å². The molecule has 1 fully saturated rings. The van der Waals surface area contributed by atoms with E-state index in [2.05, 4.69) is 18.2 Å². The third-order valence-corrected chi connectivity index (χ3v) is 4.47. The second-order valence-corrected chi connectivity index (χ2v) is 8.23. The summed E-state index contributed by atoms with van der Waals surface area (Å²) in [4.78, 5) is 0. The second-order valence-electron chi connectivity index (χ2n) is 6.29. The van der Waals surface area contributed by atoms with Crippen LogP contribution in [0.4, 0.5) is 0 Å². The molecule has 94 valence electrons. The van der Waals surface area contributed by atoms with Gasteiger partial charge in [-0.05, 0) is 57.8 Å². The zero-order chi connectivity index (χ0) is 12.3. The highest BCUT2D eigenvalue weighted by Gasteiger charge is 2.24. The molecule has 3 unspecified atom stereocenters. The largest absolute Gasteiger partial charge is 0.234 e. The Bertz CT molecular complexity index is 270. The quantitative estimate of drug-likeness (QED) is 0.681. The van der Waals surface area contributed by atoms with Gasteiger partial charge in [0.25, 0.3) is 0 Å². The van der Waals surface area contributed by atoms with Crippen LogP contribution in [-0.4, -0.2) is 15.2 Å². The van der Waals surface area contributed by atoms with Gasteiger partial charge >= 0.3 is 0 Å². The van der Waals surface area contributed by atoms with Crippen molar-refractivity contribution in [2.75, 3.05) is 0 Å². The predicted octanol–water partition coefficient (Wildman–Crippen LogP) is 3.59. The molecule has 0 aromatic rings. The lowest BCUT2D eigenvalue weighted by atomic mass is 9.77. The van der Waals surface area contributed by atoms with E-state index >= 15 is 0 Å². The molecule has 3 atom stereocenters. The van der Waals surface area contributed by atoms with E-state index in [1.807, 2.05) is 27.0 Å². The molecule has 1 saturated carbocycles. The lowest BCUT2D eigenvalue weighted by Gasteiger charge is -2.29. The van der Waals surface area contributed by atoms with Crippen molar-refractivity contribution in [2.24, 2.45) is 22.2 Å². The number of hydrogen-bond donors (Lipinski definition) is 0. The second kappa shape index (κ2) is 5.44. The molecule has 0 radical (unpaired) electrons. The normalized spacial score (nSPS) is 34.2. The van der Waals surface area contributed by atoms with Crippen LogP contribution in [-0.2, 0) is 11.0 Å². The summed E-state index contributed by atoms with van der Waals surface area (Å²) in [5.41, 5.74) is 0. The van der Waals surface area contributed by atoms with Gasteiger partial charge in [0.05, 0.1) is 4.75 Å². The molecule has 0 spiro atoms. The minimum atomic E-state index is -1.09. The van der Waals surface area contributed by atoms with Gasteiger partial charge in [-0.2, -0.15) is 4.40 Å². The van der Waals surface area contributed by atoms with Crippen LogP contribution in [0.2, 0.25) is 0 Å². The Hall–Kier alpha value is -0.180. The van der Waals surface area contributed by atoms with E-state index in [0.717, 1.165) is 11.8 Å². The number of nitrogens with zero attached hydrogens (tertiary/aromatic N) is 1. The van der Waals surface area contributed by atoms with Gasteiger partial charge in [-0.3, -0.25) is 0 Å². The summed E-state index contributed by atoms with van der Waals surface area (Å²) in [5, 5.41) is 0. The molecule has 0 bridgehead atoms. The average molecular weight is 243 g/mol. The first-order valence-corrected chi connectivity index (χ1v) is 7.36. The molecule has 3 heteroatoms. The highest BCUT2D eigenvalue weighted by molar-refractivity contribution is 7.85. The Balaban J connectivity index is 2.54. The zero-order valence-corrected chi connectivity index (χ0v) is 12.0. The molecule has 0 saturated heterocycles. The standard InChI is InChI=1S/C13H25NOS/c1-10-6-11(2)8-12(7-10)9-14-16(15)13(3,4)5/h9-12H,6-8H2,1-5H3. The van der Waals surface area contributed by atoms with Crippen LogP contribution < -0.4 is 0 Å². The van der Waals surface area contributed by atoms with E-state index in [0.29, 0.717) is 5.92 Å². The summed E-state index contributed by atoms with van der Waals surface area (Å²) >= 11 is 0. The van der Waals surface area contributed by atoms with Crippen LogP contribution in [0.5, 0.6) is 0 Å². The monoisotopic (exact) mass is 243 g/mol. The van der Waals surface area contributed by atoms with Crippen LogP contribution in [0.3, 0.4) is 0 Å². The fourth-order valence-electron chi connectivity index (χ4n) is 2.43. The Morgan fingerprint density at radius 1 is 1.12 bits per heavy atom. The third-order valence-electron chi connectivity index (χ3n) is 3.11. The maximum absolute atomic E-state index is 11.8. The lowest BCUT2D eigenvalue weighted by Crippen LogP contribution is -2.23. The smallest absolute Gasteiger partial charge is 0.144 e. The number of rotatable bonds is 2. The van der Waals surface area contributed by atoms with Gasteiger partial charge in [-0.1, -0.05) is 13.8 Å². The number of hydrogen-bond acceptors (Lipinski definition) is 1. The Labute approximate surface area is 103 Å². The van der Waals surface area contributed by atoms with Gasteiger partial charge in [0.15, 0.2) is 0 Å². The average Bonchev–Trinajstić information content (AvgIpc) is 2.11. The summed E-state index contributed by atoms with van der Waals surface area (Å²) in [7, 11) is -1.09. The van der Waals surface area contributed by atoms with Gasteiger partial charge in [-0.25, -0.2) is 4.21 Å². The Kier molecular flexibility index (Phi) is 4.72. The molecule has 0 amide bonds. The van der Waals surface area contributed by atoms with Crippen molar-refractivity contribution in [1.82, 2.24) is 0 Å². The van der Waals surface area contributed by atoms with E-state index < -0.39 is 11.0 Å². The molecular formula is C13H25NOS. The molecule has 0 N–H and O–H groups in total. The van der Waals surface area contributed by atoms with E-state index in [1.165, 1.54) is 19.3 Å². The van der Waals surface area contributed by atoms with Crippen molar-refractivity contribution in [1.29, 1.82) is 0 Å². The highest BCUT2D eigenvalue weighted by atomic mass is 32.2. The van der Waals surface area contributed by atoms with Gasteiger partial charge in [0.2, 0.25) is 0 Å². The molecular weight excluding hydrogens is 218 g/mol. The van der Waals surface area contributed by atoms with Crippen LogP contribution in [0.15, 0.2) is 4.40 Å². The summed E-state index contributed by atoms with van der Waals surface area (Å²) in [6, 6.07) is 0. The maximum atomic E-state index is 11.8. The van der Waals surface area contributed by atoms with Gasteiger partial charge in [-0.15, -0.1) is 0 Å². The fraction of sp³-hybridized carbons (Fsp3) is 0.923. The lowest BCUT2D eigenvalue weighted by molar-refractivity contribution is 0.267. The molecule has 0 aromatic heterocycles. The van der Waals surface area contributed by atoms with Crippen molar-refractivity contribution < 1.29 is 4.21 Å². The first-order chi connectivity index (χ1) is 7.29. The molecule has 1 aliphatic rings. The first-order valence-electron chi connectivity index (χ1n) is 6.25. The van der Waals surface area contributed by atoms with Crippen molar-refractivity contribution in [2.45, 2.75) is 58.6 Å². The van der Waals surface area contributed by atoms with Crippen molar-refractivity contribution in [3.05, 3.63) is 0 Å². The third kappa shape index (κ3) is 4.36. The molecule has 2 nitrogen and oxygen atoms in total. The molecule has 1 aliphatic carbocycles. The Morgan fingerprint density at radius 2 is 1.62 bits per heavy atom. The minimum Gasteiger partial charge on any atom is -0.234 e. The van der Waals surface area contributed by atoms with Crippen LogP contribution >= 0.6 is 0 Å². The highest BCUT2D eigenvalue weighted by Crippen LogP contribution is 2.32. The van der Waals surface area contributed by atoms with Gasteiger partial charge in [0, 0.05) is 6.21 Å². The summed E-state index contributed by atoms with van der Waals surface area (Å²) in [6.07, 6.45) is 5.69. The maximum Gasteiger partial charge on any atom is 0.144 e. The van der Waals surface area contributed by atoms with Crippen molar-refractivity contribution >= 4 is 17.2 Å². The summed E-state index contributed by atoms with van der Waals surface area (Å²) < 4.78 is 15.8. The summed E-state index contributed by atoms with van der Waals surface area (Å²) in [6.45, 7) is 10.5. The van der Waals surface area contributed by atoms with Crippen LogP contribution in [0.25, 0.3) is 0 Å². The van der Waals surface area contributed by atoms with E-state index in [-0.39, 0.29) is 4.75 Å². The molecule has 1 rings (SSSR count). The van der Waals surface area contributed by atoms with Gasteiger partial charge < -0.3 is 0 Å². The fourth-order valence-corrected chi connectivity index (χ4v) is 3.03. The zero-order valence-electron chi connectivity index (χ0n) is 11.2. The Morgan fingerprint density at radius 3 is 2.06 bits per heavy atom. The van der Waals surface area contributed by atoms with Crippen LogP contribution in [0, 0.1) is 17.8 Å². The van der Waals surface area contributed by atoms with E-state index in [1.54, 1.807) is 0 Å². The SMILES string of the molecule is CC1CC(C)CC(C=NS(=O)C(C)(C)C)C1. The minimum absolute atomic E-state index is 0.234. The van der Waals surface area contributed by atoms with E-state index in [4.69, 9.17) is 0 Å². The van der Waals surface area contributed by atoms with Gasteiger partial charge in [0.1, 0.15) is 11.0 Å². The first kappa shape index (κ1) is 13.9. The van der Waals surface area contributed by atoms with Crippen molar-refractivity contribution in [3.8, 4) is 0 Å². The molecule has 0 aliphatic heterocycles. The molecule has 16 heavy (non-hydrogen) atoms. The summed E-state index contributed by atoms with van der Waals surface area (Å²) in [5.74, 6) is 2.09. The van der Waals surface area contributed by atoms with Crippen LogP contribution in [0.1, 0.15) is 53.9 Å². The van der Waals surface area contributed by atoms with Crippen molar-refractivity contribution in [3.63, 3.8) is 0 Å². The molecule has 0 aromatic carbocycles. The predicted molar refractivity (Wildman–Crippen MR) is 72.1 cm³/mol. The topological polar surface area (TPSA) is 29.4 Å². The molecule has 0 heterocycles.